The highest BCUT2D eigenvalue weighted by molar-refractivity contribution is 6.01. The van der Waals surface area contributed by atoms with Crippen molar-refractivity contribution >= 4 is 23.9 Å². The summed E-state index contributed by atoms with van der Waals surface area (Å²) in [4.78, 5) is 50.9. The Balaban J connectivity index is 2.54. The molecule has 0 aromatic heterocycles. The first-order chi connectivity index (χ1) is 12.8. The van der Waals surface area contributed by atoms with E-state index in [0.717, 1.165) is 0 Å². The predicted molar refractivity (Wildman–Crippen MR) is 91.3 cm³/mol. The SMILES string of the molecule is CCCOC(=O)[C@@H]1[C@H](C(=O)OCCC)[C@]2(C(=O)OC)CC[C@@]1(C(=O)OC)N2. The van der Waals surface area contributed by atoms with Gasteiger partial charge < -0.3 is 18.9 Å². The molecule has 1 N–H and O–H groups in total. The second-order valence-electron chi connectivity index (χ2n) is 6.84. The minimum Gasteiger partial charge on any atom is -0.468 e. The number of ether oxygens (including phenoxy) is 4. The van der Waals surface area contributed by atoms with Crippen LogP contribution in [0.4, 0.5) is 0 Å². The summed E-state index contributed by atoms with van der Waals surface area (Å²) in [7, 11) is 2.38. The highest BCUT2D eigenvalue weighted by Crippen LogP contribution is 2.54. The molecule has 2 heterocycles. The minimum atomic E-state index is -1.54. The van der Waals surface area contributed by atoms with Gasteiger partial charge in [0.15, 0.2) is 0 Å². The summed E-state index contributed by atoms with van der Waals surface area (Å²) in [6.45, 7) is 3.92. The molecule has 152 valence electrons. The predicted octanol–water partition coefficient (Wildman–Crippen LogP) is 0.346. The third kappa shape index (κ3) is 3.28. The summed E-state index contributed by atoms with van der Waals surface area (Å²) in [5.74, 6) is -5.41. The fraction of sp³-hybridized carbons (Fsp3) is 0.778. The van der Waals surface area contributed by atoms with Gasteiger partial charge in [-0.15, -0.1) is 0 Å². The third-order valence-corrected chi connectivity index (χ3v) is 5.26. The van der Waals surface area contributed by atoms with E-state index in [9.17, 15) is 19.2 Å². The number of hydrogen-bond donors (Lipinski definition) is 1. The number of carbonyl (C=O) groups is 4. The van der Waals surface area contributed by atoms with E-state index in [1.165, 1.54) is 14.2 Å². The Bertz CT molecular complexity index is 568. The van der Waals surface area contributed by atoms with Crippen LogP contribution in [0.5, 0.6) is 0 Å². The van der Waals surface area contributed by atoms with Crippen LogP contribution < -0.4 is 5.32 Å². The zero-order chi connectivity index (χ0) is 20.2. The van der Waals surface area contributed by atoms with Gasteiger partial charge in [-0.05, 0) is 25.7 Å². The molecule has 27 heavy (non-hydrogen) atoms. The molecule has 0 amide bonds. The fourth-order valence-corrected chi connectivity index (χ4v) is 4.14. The molecular weight excluding hydrogens is 358 g/mol. The molecule has 2 aliphatic rings. The van der Waals surface area contributed by atoms with Crippen LogP contribution >= 0.6 is 0 Å². The van der Waals surface area contributed by atoms with Crippen molar-refractivity contribution in [1.29, 1.82) is 0 Å². The maximum Gasteiger partial charge on any atom is 0.327 e. The second-order valence-corrected chi connectivity index (χ2v) is 6.84. The lowest BCUT2D eigenvalue weighted by molar-refractivity contribution is -0.172. The number of rotatable bonds is 8. The van der Waals surface area contributed by atoms with Crippen molar-refractivity contribution in [2.45, 2.75) is 50.6 Å². The van der Waals surface area contributed by atoms with E-state index in [2.05, 4.69) is 5.32 Å². The average molecular weight is 385 g/mol. The first-order valence-corrected chi connectivity index (χ1v) is 9.14. The van der Waals surface area contributed by atoms with E-state index >= 15 is 0 Å². The van der Waals surface area contributed by atoms with Gasteiger partial charge in [0.2, 0.25) is 0 Å². The van der Waals surface area contributed by atoms with Crippen LogP contribution in [0.25, 0.3) is 0 Å². The van der Waals surface area contributed by atoms with E-state index in [-0.39, 0.29) is 26.1 Å². The fourth-order valence-electron chi connectivity index (χ4n) is 4.14. The Labute approximate surface area is 158 Å². The van der Waals surface area contributed by atoms with Crippen LogP contribution in [-0.4, -0.2) is 62.4 Å². The molecule has 2 bridgehead atoms. The largest absolute Gasteiger partial charge is 0.468 e. The van der Waals surface area contributed by atoms with E-state index in [0.29, 0.717) is 12.8 Å². The molecule has 4 atom stereocenters. The smallest absolute Gasteiger partial charge is 0.327 e. The van der Waals surface area contributed by atoms with Crippen molar-refractivity contribution in [3.63, 3.8) is 0 Å². The normalized spacial score (nSPS) is 31.3. The molecule has 0 unspecified atom stereocenters. The molecule has 0 spiro atoms. The number of hydrogen-bond acceptors (Lipinski definition) is 9. The Morgan fingerprint density at radius 3 is 1.48 bits per heavy atom. The monoisotopic (exact) mass is 385 g/mol. The first kappa shape index (κ1) is 21.1. The zero-order valence-corrected chi connectivity index (χ0v) is 16.2. The standard InChI is InChI=1S/C18H27NO8/c1-5-9-26-13(20)11-12(14(21)27-10-6-2)18(16(23)25-4)8-7-17(11,19-18)15(22)24-3/h11-12,19H,5-10H2,1-4H3/t11-,12+,17+,18-. The van der Waals surface area contributed by atoms with E-state index in [4.69, 9.17) is 18.9 Å². The van der Waals surface area contributed by atoms with Crippen molar-refractivity contribution in [3.8, 4) is 0 Å². The van der Waals surface area contributed by atoms with Gasteiger partial charge in [0.1, 0.15) is 22.9 Å². The van der Waals surface area contributed by atoms with Crippen LogP contribution in [0.3, 0.4) is 0 Å². The summed E-state index contributed by atoms with van der Waals surface area (Å²) in [6.07, 6.45) is 1.42. The lowest BCUT2D eigenvalue weighted by atomic mass is 9.66. The summed E-state index contributed by atoms with van der Waals surface area (Å²) < 4.78 is 20.3. The molecule has 0 saturated carbocycles. The van der Waals surface area contributed by atoms with Gasteiger partial charge in [-0.2, -0.15) is 0 Å². The summed E-state index contributed by atoms with van der Waals surface area (Å²) in [5.41, 5.74) is -3.08. The van der Waals surface area contributed by atoms with Gasteiger partial charge in [0.25, 0.3) is 0 Å². The maximum absolute atomic E-state index is 12.8. The number of nitrogens with one attached hydrogen (secondary N) is 1. The van der Waals surface area contributed by atoms with Crippen molar-refractivity contribution in [1.82, 2.24) is 5.32 Å². The molecule has 2 fully saturated rings. The van der Waals surface area contributed by atoms with Gasteiger partial charge in [-0.25, -0.2) is 0 Å². The summed E-state index contributed by atoms with van der Waals surface area (Å²) >= 11 is 0. The number of fused-ring (bicyclic) bond motifs is 2. The van der Waals surface area contributed by atoms with Crippen LogP contribution in [0.2, 0.25) is 0 Å². The van der Waals surface area contributed by atoms with Crippen LogP contribution in [0, 0.1) is 11.8 Å². The van der Waals surface area contributed by atoms with E-state index in [1.54, 1.807) is 0 Å². The number of esters is 4. The van der Waals surface area contributed by atoms with Crippen LogP contribution in [0.1, 0.15) is 39.5 Å². The van der Waals surface area contributed by atoms with Gasteiger partial charge >= 0.3 is 23.9 Å². The molecule has 0 aliphatic carbocycles. The van der Waals surface area contributed by atoms with E-state index < -0.39 is 46.8 Å². The van der Waals surface area contributed by atoms with Crippen molar-refractivity contribution < 1.29 is 38.1 Å². The van der Waals surface area contributed by atoms with Crippen molar-refractivity contribution in [2.75, 3.05) is 27.4 Å². The Morgan fingerprint density at radius 2 is 1.19 bits per heavy atom. The van der Waals surface area contributed by atoms with Gasteiger partial charge in [-0.3, -0.25) is 24.5 Å². The van der Waals surface area contributed by atoms with E-state index in [1.807, 2.05) is 13.8 Å². The zero-order valence-electron chi connectivity index (χ0n) is 16.2. The molecular formula is C18H27NO8. The van der Waals surface area contributed by atoms with Gasteiger partial charge in [-0.1, -0.05) is 13.8 Å². The second kappa shape index (κ2) is 8.24. The molecule has 0 radical (unpaired) electrons. The molecule has 9 nitrogen and oxygen atoms in total. The Kier molecular flexibility index (Phi) is 6.46. The van der Waals surface area contributed by atoms with Gasteiger partial charge in [0, 0.05) is 0 Å². The van der Waals surface area contributed by atoms with Gasteiger partial charge in [0.05, 0.1) is 27.4 Å². The Hall–Kier alpha value is -2.16. The van der Waals surface area contributed by atoms with Crippen LogP contribution in [-0.2, 0) is 38.1 Å². The third-order valence-electron chi connectivity index (χ3n) is 5.26. The molecule has 2 saturated heterocycles. The first-order valence-electron chi connectivity index (χ1n) is 9.14. The van der Waals surface area contributed by atoms with Crippen LogP contribution in [0.15, 0.2) is 0 Å². The highest BCUT2D eigenvalue weighted by Gasteiger charge is 2.77. The van der Waals surface area contributed by atoms with Crippen molar-refractivity contribution in [3.05, 3.63) is 0 Å². The highest BCUT2D eigenvalue weighted by atomic mass is 16.6. The number of methoxy groups -OCH3 is 2. The summed E-state index contributed by atoms with van der Waals surface area (Å²) in [5, 5.41) is 2.92. The quantitative estimate of drug-likeness (QED) is 0.466. The maximum atomic E-state index is 12.8. The average Bonchev–Trinajstić information content (AvgIpc) is 3.23. The van der Waals surface area contributed by atoms with Crippen molar-refractivity contribution in [2.24, 2.45) is 11.8 Å². The molecule has 0 aromatic rings. The molecule has 2 rings (SSSR count). The molecule has 9 heteroatoms. The minimum absolute atomic E-state index is 0.133. The molecule has 0 aromatic carbocycles. The summed E-state index contributed by atoms with van der Waals surface area (Å²) in [6, 6.07) is 0. The lowest BCUT2D eigenvalue weighted by Crippen LogP contribution is -2.54. The lowest BCUT2D eigenvalue weighted by Gasteiger charge is -2.35. The Morgan fingerprint density at radius 1 is 0.815 bits per heavy atom. The topological polar surface area (TPSA) is 117 Å². The molecule has 2 aliphatic heterocycles. The number of carbonyl (C=O) groups excluding carboxylic acids is 4.